The summed E-state index contributed by atoms with van der Waals surface area (Å²) >= 11 is 1.31. The van der Waals surface area contributed by atoms with Crippen LogP contribution >= 0.6 is 11.9 Å². The molecule has 0 aliphatic rings. The molecule has 0 spiro atoms. The predicted molar refractivity (Wildman–Crippen MR) is 49.3 cm³/mol. The zero-order valence-electron chi connectivity index (χ0n) is 7.01. The number of hydrogen-bond donors (Lipinski definition) is 0. The quantitative estimate of drug-likeness (QED) is 0.256. The van der Waals surface area contributed by atoms with Gasteiger partial charge < -0.3 is 0 Å². The minimum absolute atomic E-state index is 0.957. The van der Waals surface area contributed by atoms with E-state index in [1.165, 1.54) is 43.7 Å². The van der Waals surface area contributed by atoms with Crippen molar-refractivity contribution in [1.82, 2.24) is 0 Å². The van der Waals surface area contributed by atoms with Crippen LogP contribution in [0.15, 0.2) is 4.40 Å². The van der Waals surface area contributed by atoms with Gasteiger partial charge in [0.2, 0.25) is 6.08 Å². The van der Waals surface area contributed by atoms with E-state index in [9.17, 15) is 4.79 Å². The molecule has 0 radical (unpaired) electrons. The van der Waals surface area contributed by atoms with Gasteiger partial charge in [0.1, 0.15) is 0 Å². The van der Waals surface area contributed by atoms with Crippen LogP contribution in [0.25, 0.3) is 0 Å². The van der Waals surface area contributed by atoms with Crippen molar-refractivity contribution in [2.24, 2.45) is 4.40 Å². The van der Waals surface area contributed by atoms with Gasteiger partial charge in [-0.15, -0.1) is 4.40 Å². The lowest BCUT2D eigenvalue weighted by Crippen LogP contribution is -1.79. The third kappa shape index (κ3) is 9.73. The van der Waals surface area contributed by atoms with Gasteiger partial charge in [0.25, 0.3) is 0 Å². The minimum atomic E-state index is 0.957. The average Bonchev–Trinajstić information content (AvgIpc) is 2.03. The van der Waals surface area contributed by atoms with Crippen LogP contribution in [0.2, 0.25) is 0 Å². The molecular formula is C8H15NOS. The first-order chi connectivity index (χ1) is 5.41. The van der Waals surface area contributed by atoms with E-state index in [1.54, 1.807) is 0 Å². The van der Waals surface area contributed by atoms with Gasteiger partial charge in [0.15, 0.2) is 0 Å². The molecule has 0 aromatic heterocycles. The van der Waals surface area contributed by atoms with Gasteiger partial charge in [-0.2, -0.15) is 0 Å². The maximum absolute atomic E-state index is 9.63. The second-order valence-electron chi connectivity index (χ2n) is 2.43. The van der Waals surface area contributed by atoms with E-state index in [0.29, 0.717) is 0 Å². The molecule has 0 saturated heterocycles. The maximum Gasteiger partial charge on any atom is 0.247 e. The molecule has 0 amide bonds. The van der Waals surface area contributed by atoms with E-state index in [2.05, 4.69) is 11.3 Å². The molecule has 0 fully saturated rings. The standard InChI is InChI=1S/C8H15NOS/c1-2-3-4-5-6-7-11-9-8-10/h2-7H2,1H3. The smallest absolute Gasteiger partial charge is 0.210 e. The molecule has 3 heteroatoms. The molecule has 0 saturated carbocycles. The first kappa shape index (κ1) is 10.7. The molecule has 11 heavy (non-hydrogen) atoms. The van der Waals surface area contributed by atoms with E-state index >= 15 is 0 Å². The highest BCUT2D eigenvalue weighted by Crippen LogP contribution is 2.08. The first-order valence-electron chi connectivity index (χ1n) is 4.11. The summed E-state index contributed by atoms with van der Waals surface area (Å²) in [7, 11) is 0. The fourth-order valence-corrected chi connectivity index (χ4v) is 1.32. The van der Waals surface area contributed by atoms with Crippen molar-refractivity contribution < 1.29 is 4.79 Å². The molecule has 2 nitrogen and oxygen atoms in total. The van der Waals surface area contributed by atoms with Crippen LogP contribution in [0, 0.1) is 0 Å². The third-order valence-corrected chi connectivity index (χ3v) is 2.12. The molecule has 0 atom stereocenters. The predicted octanol–water partition coefficient (Wildman–Crippen LogP) is 2.94. The highest BCUT2D eigenvalue weighted by Gasteiger charge is 1.88. The second-order valence-corrected chi connectivity index (χ2v) is 3.28. The van der Waals surface area contributed by atoms with Crippen molar-refractivity contribution in [2.45, 2.75) is 39.0 Å². The summed E-state index contributed by atoms with van der Waals surface area (Å²) in [5, 5.41) is 0. The zero-order chi connectivity index (χ0) is 8.36. The van der Waals surface area contributed by atoms with E-state index in [1.807, 2.05) is 0 Å². The van der Waals surface area contributed by atoms with Gasteiger partial charge in [0, 0.05) is 5.75 Å². The SMILES string of the molecule is CCCCCCCSN=C=O. The van der Waals surface area contributed by atoms with Gasteiger partial charge in [0.05, 0.1) is 0 Å². The molecule has 0 aliphatic carbocycles. The summed E-state index contributed by atoms with van der Waals surface area (Å²) in [5.74, 6) is 0.957. The molecule has 0 aliphatic heterocycles. The van der Waals surface area contributed by atoms with Crippen LogP contribution < -0.4 is 0 Å². The van der Waals surface area contributed by atoms with Crippen LogP contribution in [-0.2, 0) is 4.79 Å². The van der Waals surface area contributed by atoms with Crippen molar-refractivity contribution in [3.05, 3.63) is 0 Å². The molecule has 64 valence electrons. The summed E-state index contributed by atoms with van der Waals surface area (Å²) in [6.45, 7) is 2.20. The average molecular weight is 173 g/mol. The lowest BCUT2D eigenvalue weighted by atomic mass is 10.2. The van der Waals surface area contributed by atoms with Gasteiger partial charge in [-0.25, -0.2) is 4.79 Å². The van der Waals surface area contributed by atoms with Gasteiger partial charge in [-0.3, -0.25) is 0 Å². The fourth-order valence-electron chi connectivity index (χ4n) is 0.842. The van der Waals surface area contributed by atoms with E-state index in [-0.39, 0.29) is 0 Å². The molecule has 0 bridgehead atoms. The Bertz CT molecular complexity index is 121. The van der Waals surface area contributed by atoms with Gasteiger partial charge in [-0.1, -0.05) is 32.6 Å². The molecule has 0 unspecified atom stereocenters. The highest BCUT2D eigenvalue weighted by molar-refractivity contribution is 7.98. The number of rotatable bonds is 7. The summed E-state index contributed by atoms with van der Waals surface area (Å²) in [6.07, 6.45) is 7.84. The lowest BCUT2D eigenvalue weighted by molar-refractivity contribution is 0.566. The topological polar surface area (TPSA) is 29.4 Å². The monoisotopic (exact) mass is 173 g/mol. The van der Waals surface area contributed by atoms with Crippen molar-refractivity contribution in [3.63, 3.8) is 0 Å². The van der Waals surface area contributed by atoms with E-state index in [4.69, 9.17) is 0 Å². The van der Waals surface area contributed by atoms with Crippen molar-refractivity contribution in [1.29, 1.82) is 0 Å². The van der Waals surface area contributed by atoms with Crippen molar-refractivity contribution in [3.8, 4) is 0 Å². The maximum atomic E-state index is 9.63. The van der Waals surface area contributed by atoms with Gasteiger partial charge >= 0.3 is 0 Å². The highest BCUT2D eigenvalue weighted by atomic mass is 32.2. The Labute approximate surface area is 72.6 Å². The van der Waals surface area contributed by atoms with Crippen LogP contribution in [0.5, 0.6) is 0 Å². The van der Waals surface area contributed by atoms with Crippen LogP contribution in [-0.4, -0.2) is 11.8 Å². The van der Waals surface area contributed by atoms with Crippen LogP contribution in [0.1, 0.15) is 39.0 Å². The fraction of sp³-hybridized carbons (Fsp3) is 0.875. The molecule has 0 heterocycles. The Morgan fingerprint density at radius 1 is 1.27 bits per heavy atom. The lowest BCUT2D eigenvalue weighted by Gasteiger charge is -1.95. The van der Waals surface area contributed by atoms with Crippen molar-refractivity contribution in [2.75, 3.05) is 5.75 Å². The number of nitrogens with zero attached hydrogens (tertiary/aromatic N) is 1. The molecule has 0 aromatic carbocycles. The Hall–Kier alpha value is -0.270. The largest absolute Gasteiger partial charge is 0.247 e. The molecule has 0 rings (SSSR count). The molecular weight excluding hydrogens is 158 g/mol. The minimum Gasteiger partial charge on any atom is -0.210 e. The van der Waals surface area contributed by atoms with E-state index in [0.717, 1.165) is 12.2 Å². The van der Waals surface area contributed by atoms with Crippen molar-refractivity contribution >= 4 is 18.0 Å². The van der Waals surface area contributed by atoms with Crippen LogP contribution in [0.4, 0.5) is 0 Å². The zero-order valence-corrected chi connectivity index (χ0v) is 7.82. The Morgan fingerprint density at radius 3 is 2.64 bits per heavy atom. The summed E-state index contributed by atoms with van der Waals surface area (Å²) in [6, 6.07) is 0. The number of unbranched alkanes of at least 4 members (excludes halogenated alkanes) is 4. The third-order valence-electron chi connectivity index (χ3n) is 1.44. The molecule has 0 N–H and O–H groups in total. The molecule has 0 aromatic rings. The summed E-state index contributed by atoms with van der Waals surface area (Å²) in [5.41, 5.74) is 0. The van der Waals surface area contributed by atoms with Crippen LogP contribution in [0.3, 0.4) is 0 Å². The number of hydrogen-bond acceptors (Lipinski definition) is 3. The summed E-state index contributed by atoms with van der Waals surface area (Å²) in [4.78, 5) is 9.63. The number of carbonyl (C=O) groups excluding carboxylic acids is 1. The Kier molecular flexibility index (Phi) is 9.49. The summed E-state index contributed by atoms with van der Waals surface area (Å²) < 4.78 is 3.40. The first-order valence-corrected chi connectivity index (χ1v) is 5.05. The second kappa shape index (κ2) is 9.73. The normalized spacial score (nSPS) is 9.18. The Balaban J connectivity index is 2.84. The number of isocyanates is 1. The Morgan fingerprint density at radius 2 is 2.00 bits per heavy atom. The van der Waals surface area contributed by atoms with E-state index < -0.39 is 0 Å². The van der Waals surface area contributed by atoms with Gasteiger partial charge in [-0.05, 0) is 18.4 Å².